The summed E-state index contributed by atoms with van der Waals surface area (Å²) >= 11 is 6.03. The lowest BCUT2D eigenvalue weighted by Gasteiger charge is -2.24. The Morgan fingerprint density at radius 3 is 3.00 bits per heavy atom. The molecule has 2 amide bonds. The number of rotatable bonds is 3. The second-order valence-corrected chi connectivity index (χ2v) is 4.74. The molecular formula is C14H17ClN2O2. The summed E-state index contributed by atoms with van der Waals surface area (Å²) in [5.74, 6) is 0.592. The van der Waals surface area contributed by atoms with Crippen LogP contribution in [0.2, 0.25) is 5.02 Å². The van der Waals surface area contributed by atoms with Gasteiger partial charge in [-0.25, -0.2) is 4.79 Å². The molecule has 1 atom stereocenters. The molecule has 1 unspecified atom stereocenters. The van der Waals surface area contributed by atoms with Crippen molar-refractivity contribution in [3.63, 3.8) is 0 Å². The minimum atomic E-state index is -0.113. The Labute approximate surface area is 118 Å². The van der Waals surface area contributed by atoms with Gasteiger partial charge in [0.2, 0.25) is 0 Å². The molecule has 0 bridgehead atoms. The number of anilines is 1. The van der Waals surface area contributed by atoms with Gasteiger partial charge in [-0.1, -0.05) is 30.7 Å². The molecule has 1 aromatic rings. The molecule has 2 rings (SSSR count). The lowest BCUT2D eigenvalue weighted by atomic mass is 10.2. The molecule has 0 saturated carbocycles. The van der Waals surface area contributed by atoms with Gasteiger partial charge in [0, 0.05) is 12.2 Å². The van der Waals surface area contributed by atoms with Crippen LogP contribution in [-0.2, 0) is 0 Å². The van der Waals surface area contributed by atoms with Crippen molar-refractivity contribution in [3.05, 3.63) is 35.4 Å². The third-order valence-corrected chi connectivity index (χ3v) is 3.44. The van der Waals surface area contributed by atoms with Crippen molar-refractivity contribution in [1.82, 2.24) is 4.90 Å². The third-order valence-electron chi connectivity index (χ3n) is 3.14. The van der Waals surface area contributed by atoms with Crippen LogP contribution in [0.4, 0.5) is 10.5 Å². The largest absolute Gasteiger partial charge is 0.495 e. The Hall–Kier alpha value is -1.68. The molecule has 19 heavy (non-hydrogen) atoms. The van der Waals surface area contributed by atoms with Crippen LogP contribution in [0.1, 0.15) is 13.3 Å². The van der Waals surface area contributed by atoms with E-state index in [-0.39, 0.29) is 12.1 Å². The summed E-state index contributed by atoms with van der Waals surface area (Å²) in [7, 11) is 1.56. The van der Waals surface area contributed by atoms with Gasteiger partial charge >= 0.3 is 6.03 Å². The maximum Gasteiger partial charge on any atom is 0.322 e. The zero-order chi connectivity index (χ0) is 13.8. The first kappa shape index (κ1) is 13.7. The molecule has 1 aliphatic rings. The van der Waals surface area contributed by atoms with Crippen molar-refractivity contribution in [2.75, 3.05) is 19.0 Å². The highest BCUT2D eigenvalue weighted by Gasteiger charge is 2.23. The summed E-state index contributed by atoms with van der Waals surface area (Å²) in [5.41, 5.74) is 0.664. The van der Waals surface area contributed by atoms with Crippen LogP contribution in [0.3, 0.4) is 0 Å². The monoisotopic (exact) mass is 280 g/mol. The number of halogens is 1. The molecule has 0 fully saturated rings. The number of urea groups is 1. The summed E-state index contributed by atoms with van der Waals surface area (Å²) in [4.78, 5) is 13.9. The summed E-state index contributed by atoms with van der Waals surface area (Å²) in [6.45, 7) is 2.71. The molecule has 1 aliphatic heterocycles. The number of methoxy groups -OCH3 is 1. The lowest BCUT2D eigenvalue weighted by molar-refractivity contribution is 0.209. The highest BCUT2D eigenvalue weighted by molar-refractivity contribution is 6.32. The van der Waals surface area contributed by atoms with E-state index in [9.17, 15) is 4.79 Å². The van der Waals surface area contributed by atoms with Gasteiger partial charge in [0.15, 0.2) is 0 Å². The number of nitrogens with zero attached hydrogens (tertiary/aromatic N) is 1. The highest BCUT2D eigenvalue weighted by Crippen LogP contribution is 2.27. The smallest absolute Gasteiger partial charge is 0.322 e. The van der Waals surface area contributed by atoms with Crippen LogP contribution in [0.25, 0.3) is 0 Å². The fourth-order valence-electron chi connectivity index (χ4n) is 2.10. The van der Waals surface area contributed by atoms with E-state index in [4.69, 9.17) is 16.3 Å². The van der Waals surface area contributed by atoms with Crippen molar-refractivity contribution in [2.24, 2.45) is 0 Å². The minimum Gasteiger partial charge on any atom is -0.495 e. The summed E-state index contributed by atoms with van der Waals surface area (Å²) in [5, 5.41) is 3.33. The number of benzene rings is 1. The van der Waals surface area contributed by atoms with E-state index in [1.165, 1.54) is 0 Å². The van der Waals surface area contributed by atoms with Crippen molar-refractivity contribution in [2.45, 2.75) is 19.4 Å². The minimum absolute atomic E-state index is 0.113. The first-order valence-electron chi connectivity index (χ1n) is 6.23. The molecular weight excluding hydrogens is 264 g/mol. The number of carbonyl (C=O) groups excluding carboxylic acids is 1. The first-order chi connectivity index (χ1) is 9.15. The van der Waals surface area contributed by atoms with Crippen LogP contribution in [0, 0.1) is 0 Å². The number of hydrogen-bond donors (Lipinski definition) is 1. The maximum absolute atomic E-state index is 12.2. The molecule has 0 radical (unpaired) electrons. The van der Waals surface area contributed by atoms with Gasteiger partial charge in [-0.15, -0.1) is 0 Å². The summed E-state index contributed by atoms with van der Waals surface area (Å²) < 4.78 is 5.07. The number of carbonyl (C=O) groups is 1. The van der Waals surface area contributed by atoms with E-state index in [2.05, 4.69) is 18.3 Å². The molecule has 1 N–H and O–H groups in total. The van der Waals surface area contributed by atoms with Gasteiger partial charge in [-0.05, 0) is 24.6 Å². The average Bonchev–Trinajstić information content (AvgIpc) is 2.87. The second-order valence-electron chi connectivity index (χ2n) is 4.34. The molecule has 5 heteroatoms. The first-order valence-corrected chi connectivity index (χ1v) is 6.61. The normalized spacial score (nSPS) is 17.6. The van der Waals surface area contributed by atoms with Gasteiger partial charge in [0.1, 0.15) is 5.75 Å². The fourth-order valence-corrected chi connectivity index (χ4v) is 2.36. The summed E-state index contributed by atoms with van der Waals surface area (Å²) in [6, 6.07) is 5.25. The van der Waals surface area contributed by atoms with Crippen molar-refractivity contribution < 1.29 is 9.53 Å². The van der Waals surface area contributed by atoms with Crippen molar-refractivity contribution in [1.29, 1.82) is 0 Å². The Bertz CT molecular complexity index is 502. The van der Waals surface area contributed by atoms with E-state index in [0.29, 0.717) is 23.0 Å². The predicted molar refractivity (Wildman–Crippen MR) is 76.9 cm³/mol. The quantitative estimate of drug-likeness (QED) is 0.861. The van der Waals surface area contributed by atoms with E-state index in [1.54, 1.807) is 30.2 Å². The zero-order valence-electron chi connectivity index (χ0n) is 11.0. The molecule has 0 aliphatic carbocycles. The van der Waals surface area contributed by atoms with E-state index < -0.39 is 0 Å². The van der Waals surface area contributed by atoms with E-state index in [0.717, 1.165) is 6.42 Å². The standard InChI is InChI=1S/C14H17ClN2O2/c1-3-11-5-4-8-17(11)14(18)16-10-6-7-13(19-2)12(15)9-10/h4-7,9,11H,3,8H2,1-2H3,(H,16,18). The van der Waals surface area contributed by atoms with Gasteiger partial charge in [0.25, 0.3) is 0 Å². The van der Waals surface area contributed by atoms with Crippen LogP contribution in [-0.4, -0.2) is 30.6 Å². The van der Waals surface area contributed by atoms with Crippen LogP contribution in [0.5, 0.6) is 5.75 Å². The highest BCUT2D eigenvalue weighted by atomic mass is 35.5. The Morgan fingerprint density at radius 1 is 1.58 bits per heavy atom. The SMILES string of the molecule is CCC1C=CCN1C(=O)Nc1ccc(OC)c(Cl)c1. The second kappa shape index (κ2) is 5.97. The molecule has 0 aromatic heterocycles. The van der Waals surface area contributed by atoms with E-state index >= 15 is 0 Å². The molecule has 1 heterocycles. The topological polar surface area (TPSA) is 41.6 Å². The number of ether oxygens (including phenoxy) is 1. The van der Waals surface area contributed by atoms with Gasteiger partial charge in [-0.3, -0.25) is 0 Å². The van der Waals surface area contributed by atoms with Gasteiger partial charge < -0.3 is 15.0 Å². The molecule has 4 nitrogen and oxygen atoms in total. The van der Waals surface area contributed by atoms with Crippen LogP contribution in [0.15, 0.2) is 30.4 Å². The van der Waals surface area contributed by atoms with Crippen molar-refractivity contribution >= 4 is 23.3 Å². The Balaban J connectivity index is 2.05. The Morgan fingerprint density at radius 2 is 2.37 bits per heavy atom. The molecule has 0 spiro atoms. The van der Waals surface area contributed by atoms with Crippen LogP contribution < -0.4 is 10.1 Å². The Kier molecular flexibility index (Phi) is 4.32. The zero-order valence-corrected chi connectivity index (χ0v) is 11.8. The number of amides is 2. The average molecular weight is 281 g/mol. The molecule has 1 aromatic carbocycles. The molecule has 102 valence electrons. The van der Waals surface area contributed by atoms with E-state index in [1.807, 2.05) is 6.08 Å². The lowest BCUT2D eigenvalue weighted by Crippen LogP contribution is -2.38. The van der Waals surface area contributed by atoms with Gasteiger partial charge in [0.05, 0.1) is 18.2 Å². The number of hydrogen-bond acceptors (Lipinski definition) is 2. The van der Waals surface area contributed by atoms with Crippen molar-refractivity contribution in [3.8, 4) is 5.75 Å². The summed E-state index contributed by atoms with van der Waals surface area (Å²) in [6.07, 6.45) is 4.97. The maximum atomic E-state index is 12.2. The van der Waals surface area contributed by atoms with Gasteiger partial charge in [-0.2, -0.15) is 0 Å². The molecule has 0 saturated heterocycles. The predicted octanol–water partition coefficient (Wildman–Crippen LogP) is 3.53. The third kappa shape index (κ3) is 3.01. The number of nitrogens with one attached hydrogen (secondary N) is 1. The van der Waals surface area contributed by atoms with Crippen LogP contribution >= 0.6 is 11.6 Å². The fraction of sp³-hybridized carbons (Fsp3) is 0.357.